The number of aliphatic hydroxyl groups excluding tert-OH is 1. The SMILES string of the molecule is CC#CC(=O)N(Cc1ccccc1)C[C@@H](O)c1cccc(OC)c1. The normalized spacial score (nSPS) is 11.1. The molecule has 1 amide bonds. The number of hydrogen-bond acceptors (Lipinski definition) is 3. The molecule has 0 aromatic heterocycles. The van der Waals surface area contributed by atoms with Crippen LogP contribution in [0, 0.1) is 11.8 Å². The minimum atomic E-state index is -0.814. The van der Waals surface area contributed by atoms with E-state index in [1.807, 2.05) is 48.5 Å². The standard InChI is InChI=1S/C20H21NO3/c1-3-8-20(23)21(14-16-9-5-4-6-10-16)15-19(22)17-11-7-12-18(13-17)24-2/h4-7,9-13,19,22H,14-15H2,1-2H3/t19-/m1/s1. The predicted molar refractivity (Wildman–Crippen MR) is 93.3 cm³/mol. The first-order valence-electron chi connectivity index (χ1n) is 7.71. The number of carbonyl (C=O) groups is 1. The molecule has 4 heteroatoms. The van der Waals surface area contributed by atoms with Gasteiger partial charge in [0, 0.05) is 6.54 Å². The van der Waals surface area contributed by atoms with E-state index in [2.05, 4.69) is 11.8 Å². The Balaban J connectivity index is 2.16. The molecule has 0 saturated carbocycles. The third kappa shape index (κ3) is 4.87. The molecule has 0 unspecified atom stereocenters. The summed E-state index contributed by atoms with van der Waals surface area (Å²) in [6.07, 6.45) is -0.814. The van der Waals surface area contributed by atoms with Crippen LogP contribution in [0.1, 0.15) is 24.2 Å². The third-order valence-corrected chi connectivity index (χ3v) is 3.61. The number of amides is 1. The zero-order chi connectivity index (χ0) is 17.4. The number of nitrogens with zero attached hydrogens (tertiary/aromatic N) is 1. The lowest BCUT2D eigenvalue weighted by Crippen LogP contribution is -2.33. The van der Waals surface area contributed by atoms with E-state index in [1.54, 1.807) is 25.0 Å². The Morgan fingerprint density at radius 1 is 1.21 bits per heavy atom. The molecule has 0 radical (unpaired) electrons. The van der Waals surface area contributed by atoms with Gasteiger partial charge in [-0.2, -0.15) is 0 Å². The van der Waals surface area contributed by atoms with E-state index >= 15 is 0 Å². The van der Waals surface area contributed by atoms with Gasteiger partial charge in [-0.25, -0.2) is 0 Å². The lowest BCUT2D eigenvalue weighted by molar-refractivity contribution is -0.127. The van der Waals surface area contributed by atoms with Crippen LogP contribution in [0.15, 0.2) is 54.6 Å². The molecule has 2 aromatic rings. The second-order valence-electron chi connectivity index (χ2n) is 5.34. The number of aliphatic hydroxyl groups is 1. The van der Waals surface area contributed by atoms with Gasteiger partial charge in [-0.3, -0.25) is 4.79 Å². The Kier molecular flexibility index (Phi) is 6.41. The van der Waals surface area contributed by atoms with Gasteiger partial charge in [-0.05, 0) is 36.1 Å². The zero-order valence-electron chi connectivity index (χ0n) is 13.9. The number of methoxy groups -OCH3 is 1. The van der Waals surface area contributed by atoms with Crippen LogP contribution in [0.2, 0.25) is 0 Å². The van der Waals surface area contributed by atoms with Crippen LogP contribution in [0.3, 0.4) is 0 Å². The molecule has 0 bridgehead atoms. The van der Waals surface area contributed by atoms with Crippen molar-refractivity contribution in [3.63, 3.8) is 0 Å². The summed E-state index contributed by atoms with van der Waals surface area (Å²) >= 11 is 0. The summed E-state index contributed by atoms with van der Waals surface area (Å²) in [5.74, 6) is 5.53. The maximum atomic E-state index is 12.3. The van der Waals surface area contributed by atoms with Gasteiger partial charge in [0.1, 0.15) is 5.75 Å². The first-order chi connectivity index (χ1) is 11.6. The summed E-state index contributed by atoms with van der Waals surface area (Å²) < 4.78 is 5.18. The summed E-state index contributed by atoms with van der Waals surface area (Å²) in [4.78, 5) is 13.8. The highest BCUT2D eigenvalue weighted by Gasteiger charge is 2.18. The average molecular weight is 323 g/mol. The van der Waals surface area contributed by atoms with Crippen molar-refractivity contribution in [2.24, 2.45) is 0 Å². The maximum Gasteiger partial charge on any atom is 0.298 e. The van der Waals surface area contributed by atoms with Gasteiger partial charge in [0.2, 0.25) is 0 Å². The van der Waals surface area contributed by atoms with E-state index in [0.29, 0.717) is 17.9 Å². The molecule has 0 fully saturated rings. The number of carbonyl (C=O) groups excluding carboxylic acids is 1. The Labute approximate surface area is 142 Å². The highest BCUT2D eigenvalue weighted by Crippen LogP contribution is 2.20. The van der Waals surface area contributed by atoms with E-state index in [4.69, 9.17) is 4.74 Å². The number of hydrogen-bond donors (Lipinski definition) is 1. The Morgan fingerprint density at radius 3 is 2.62 bits per heavy atom. The summed E-state index contributed by atoms with van der Waals surface area (Å²) in [6, 6.07) is 16.8. The largest absolute Gasteiger partial charge is 0.497 e. The van der Waals surface area contributed by atoms with E-state index in [0.717, 1.165) is 5.56 Å². The van der Waals surface area contributed by atoms with E-state index in [-0.39, 0.29) is 12.5 Å². The molecule has 124 valence electrons. The van der Waals surface area contributed by atoms with Crippen LogP contribution in [0.25, 0.3) is 0 Å². The molecule has 0 aliphatic heterocycles. The molecule has 1 N–H and O–H groups in total. The number of benzene rings is 2. The molecule has 0 aliphatic rings. The Hall–Kier alpha value is -2.77. The van der Waals surface area contributed by atoms with Gasteiger partial charge in [0.25, 0.3) is 5.91 Å². The van der Waals surface area contributed by atoms with Crippen molar-refractivity contribution in [3.05, 3.63) is 65.7 Å². The van der Waals surface area contributed by atoms with Crippen LogP contribution in [0.4, 0.5) is 0 Å². The molecule has 0 saturated heterocycles. The first-order valence-corrected chi connectivity index (χ1v) is 7.71. The Bertz CT molecular complexity index is 731. The smallest absolute Gasteiger partial charge is 0.298 e. The molecule has 0 aliphatic carbocycles. The highest BCUT2D eigenvalue weighted by molar-refractivity contribution is 5.93. The fourth-order valence-corrected chi connectivity index (χ4v) is 2.37. The Morgan fingerprint density at radius 2 is 1.96 bits per heavy atom. The van der Waals surface area contributed by atoms with Crippen molar-refractivity contribution in [3.8, 4) is 17.6 Å². The lowest BCUT2D eigenvalue weighted by atomic mass is 10.1. The molecule has 2 aromatic carbocycles. The van der Waals surface area contributed by atoms with Crippen molar-refractivity contribution in [2.45, 2.75) is 19.6 Å². The predicted octanol–water partition coefficient (Wildman–Crippen LogP) is 2.78. The molecule has 24 heavy (non-hydrogen) atoms. The summed E-state index contributed by atoms with van der Waals surface area (Å²) in [6.45, 7) is 2.18. The van der Waals surface area contributed by atoms with Gasteiger partial charge in [0.05, 0.1) is 19.8 Å². The summed E-state index contributed by atoms with van der Waals surface area (Å²) in [7, 11) is 1.58. The number of ether oxygens (including phenoxy) is 1. The van der Waals surface area contributed by atoms with Gasteiger partial charge in [-0.1, -0.05) is 48.4 Å². The summed E-state index contributed by atoms with van der Waals surface area (Å²) in [5, 5.41) is 10.5. The zero-order valence-corrected chi connectivity index (χ0v) is 13.9. The van der Waals surface area contributed by atoms with Crippen molar-refractivity contribution < 1.29 is 14.6 Å². The molecule has 2 rings (SSSR count). The molecule has 0 heterocycles. The number of rotatable bonds is 6. The van der Waals surface area contributed by atoms with Crippen molar-refractivity contribution in [2.75, 3.05) is 13.7 Å². The van der Waals surface area contributed by atoms with Crippen LogP contribution in [-0.2, 0) is 11.3 Å². The second-order valence-corrected chi connectivity index (χ2v) is 5.34. The van der Waals surface area contributed by atoms with E-state index in [9.17, 15) is 9.90 Å². The van der Waals surface area contributed by atoms with Gasteiger partial charge < -0.3 is 14.7 Å². The first kappa shape index (κ1) is 17.6. The lowest BCUT2D eigenvalue weighted by Gasteiger charge is -2.24. The van der Waals surface area contributed by atoms with Crippen LogP contribution in [0.5, 0.6) is 5.75 Å². The van der Waals surface area contributed by atoms with E-state index in [1.165, 1.54) is 0 Å². The van der Waals surface area contributed by atoms with Gasteiger partial charge in [0.15, 0.2) is 0 Å². The van der Waals surface area contributed by atoms with E-state index < -0.39 is 6.10 Å². The minimum absolute atomic E-state index is 0.162. The van der Waals surface area contributed by atoms with Crippen LogP contribution < -0.4 is 4.74 Å². The third-order valence-electron chi connectivity index (χ3n) is 3.61. The molecular formula is C20H21NO3. The minimum Gasteiger partial charge on any atom is -0.497 e. The second kappa shape index (κ2) is 8.76. The van der Waals surface area contributed by atoms with Crippen molar-refractivity contribution >= 4 is 5.91 Å². The fourth-order valence-electron chi connectivity index (χ4n) is 2.37. The van der Waals surface area contributed by atoms with Crippen LogP contribution >= 0.6 is 0 Å². The topological polar surface area (TPSA) is 49.8 Å². The van der Waals surface area contributed by atoms with Gasteiger partial charge >= 0.3 is 0 Å². The average Bonchev–Trinajstić information content (AvgIpc) is 2.62. The highest BCUT2D eigenvalue weighted by atomic mass is 16.5. The van der Waals surface area contributed by atoms with Crippen molar-refractivity contribution in [1.82, 2.24) is 4.90 Å². The quantitative estimate of drug-likeness (QED) is 0.832. The van der Waals surface area contributed by atoms with Crippen LogP contribution in [-0.4, -0.2) is 29.6 Å². The van der Waals surface area contributed by atoms with Crippen molar-refractivity contribution in [1.29, 1.82) is 0 Å². The monoisotopic (exact) mass is 323 g/mol. The molecular weight excluding hydrogens is 302 g/mol. The van der Waals surface area contributed by atoms with Gasteiger partial charge in [-0.15, -0.1) is 0 Å². The molecule has 0 spiro atoms. The fraction of sp³-hybridized carbons (Fsp3) is 0.250. The maximum absolute atomic E-state index is 12.3. The molecule has 1 atom stereocenters. The molecule has 4 nitrogen and oxygen atoms in total. The summed E-state index contributed by atoms with van der Waals surface area (Å²) in [5.41, 5.74) is 1.69.